The minimum absolute atomic E-state index is 0.0451. The molecule has 0 aromatic carbocycles. The Morgan fingerprint density at radius 3 is 3.00 bits per heavy atom. The number of carbonyl (C=O) groups excluding carboxylic acids is 1. The van der Waals surface area contributed by atoms with Crippen molar-refractivity contribution in [2.24, 2.45) is 0 Å². The highest BCUT2D eigenvalue weighted by atomic mass is 16.5. The smallest absolute Gasteiger partial charge is 0.207 e. The first-order valence-electron chi connectivity index (χ1n) is 4.12. The monoisotopic (exact) mass is 157 g/mol. The maximum absolute atomic E-state index is 10.3. The highest BCUT2D eigenvalue weighted by Crippen LogP contribution is 2.23. The number of carbonyl (C=O) groups is 1. The minimum atomic E-state index is -0.0451. The van der Waals surface area contributed by atoms with Crippen molar-refractivity contribution in [1.82, 2.24) is 5.32 Å². The lowest BCUT2D eigenvalue weighted by Gasteiger charge is -2.25. The third kappa shape index (κ3) is 1.93. The van der Waals surface area contributed by atoms with Crippen molar-refractivity contribution in [1.29, 1.82) is 0 Å². The Labute approximate surface area is 67.1 Å². The average molecular weight is 157 g/mol. The summed E-state index contributed by atoms with van der Waals surface area (Å²) in [6.07, 6.45) is 3.85. The van der Waals surface area contributed by atoms with Gasteiger partial charge in [0.15, 0.2) is 0 Å². The van der Waals surface area contributed by atoms with Crippen molar-refractivity contribution < 1.29 is 9.53 Å². The lowest BCUT2D eigenvalue weighted by atomic mass is 9.93. The van der Waals surface area contributed by atoms with Crippen molar-refractivity contribution in [3.63, 3.8) is 0 Å². The third-order valence-corrected chi connectivity index (χ3v) is 2.20. The van der Waals surface area contributed by atoms with Gasteiger partial charge in [-0.2, -0.15) is 0 Å². The van der Waals surface area contributed by atoms with Gasteiger partial charge in [-0.05, 0) is 12.8 Å². The number of rotatable bonds is 4. The van der Waals surface area contributed by atoms with Crippen LogP contribution in [0.3, 0.4) is 0 Å². The fourth-order valence-corrected chi connectivity index (χ4v) is 1.59. The molecule has 64 valence electrons. The summed E-state index contributed by atoms with van der Waals surface area (Å²) >= 11 is 0. The zero-order chi connectivity index (χ0) is 8.16. The largest absolute Gasteiger partial charge is 0.379 e. The minimum Gasteiger partial charge on any atom is -0.379 e. The summed E-state index contributed by atoms with van der Waals surface area (Å²) in [4.78, 5) is 10.3. The van der Waals surface area contributed by atoms with Gasteiger partial charge >= 0.3 is 0 Å². The molecule has 3 heteroatoms. The molecule has 0 bridgehead atoms. The Bertz CT molecular complexity index is 130. The third-order valence-electron chi connectivity index (χ3n) is 2.20. The van der Waals surface area contributed by atoms with Crippen molar-refractivity contribution in [3.05, 3.63) is 0 Å². The van der Waals surface area contributed by atoms with Gasteiger partial charge < -0.3 is 10.1 Å². The van der Waals surface area contributed by atoms with Crippen LogP contribution < -0.4 is 5.32 Å². The molecule has 0 aromatic rings. The van der Waals surface area contributed by atoms with Crippen molar-refractivity contribution in [3.8, 4) is 0 Å². The van der Waals surface area contributed by atoms with Gasteiger partial charge in [-0.3, -0.25) is 4.79 Å². The van der Waals surface area contributed by atoms with Crippen LogP contribution in [0.15, 0.2) is 0 Å². The second kappa shape index (κ2) is 3.72. The fourth-order valence-electron chi connectivity index (χ4n) is 1.59. The average Bonchev–Trinajstić information content (AvgIpc) is 2.39. The first-order chi connectivity index (χ1) is 5.33. The molecule has 1 atom stereocenters. The molecule has 0 aliphatic carbocycles. The molecular formula is C8H15NO2. The molecule has 1 heterocycles. The van der Waals surface area contributed by atoms with E-state index in [-0.39, 0.29) is 5.54 Å². The van der Waals surface area contributed by atoms with E-state index in [2.05, 4.69) is 12.2 Å². The molecule has 0 radical (unpaired) electrons. The van der Waals surface area contributed by atoms with E-state index in [9.17, 15) is 4.79 Å². The highest BCUT2D eigenvalue weighted by Gasteiger charge is 2.32. The fraction of sp³-hybridized carbons (Fsp3) is 0.875. The molecule has 0 spiro atoms. The van der Waals surface area contributed by atoms with Crippen LogP contribution in [0.25, 0.3) is 0 Å². The van der Waals surface area contributed by atoms with Gasteiger partial charge in [0.25, 0.3) is 0 Å². The molecule has 1 unspecified atom stereocenters. The molecule has 0 saturated carbocycles. The Morgan fingerprint density at radius 1 is 1.73 bits per heavy atom. The van der Waals surface area contributed by atoms with E-state index in [1.807, 2.05) is 0 Å². The van der Waals surface area contributed by atoms with Crippen LogP contribution in [-0.4, -0.2) is 25.2 Å². The van der Waals surface area contributed by atoms with E-state index < -0.39 is 0 Å². The van der Waals surface area contributed by atoms with Gasteiger partial charge in [0.1, 0.15) is 0 Å². The Kier molecular flexibility index (Phi) is 2.88. The summed E-state index contributed by atoms with van der Waals surface area (Å²) in [7, 11) is 0. The van der Waals surface area contributed by atoms with Gasteiger partial charge in [0, 0.05) is 6.61 Å². The maximum atomic E-state index is 10.3. The molecule has 0 aromatic heterocycles. The van der Waals surface area contributed by atoms with E-state index >= 15 is 0 Å². The first-order valence-corrected chi connectivity index (χ1v) is 4.12. The first kappa shape index (κ1) is 8.53. The predicted molar refractivity (Wildman–Crippen MR) is 42.3 cm³/mol. The zero-order valence-corrected chi connectivity index (χ0v) is 6.93. The zero-order valence-electron chi connectivity index (χ0n) is 6.93. The summed E-state index contributed by atoms with van der Waals surface area (Å²) in [6, 6.07) is 0. The SMILES string of the molecule is CCCC1(NC=O)CCOC1. The van der Waals surface area contributed by atoms with E-state index in [0.717, 1.165) is 32.3 Å². The molecular weight excluding hydrogens is 142 g/mol. The predicted octanol–water partition coefficient (Wildman–Crippen LogP) is 0.692. The Balaban J connectivity index is 2.46. The number of ether oxygens (including phenoxy) is 1. The Hall–Kier alpha value is -0.570. The number of hydrogen-bond donors (Lipinski definition) is 1. The van der Waals surface area contributed by atoms with Gasteiger partial charge in [-0.15, -0.1) is 0 Å². The standard InChI is InChI=1S/C8H15NO2/c1-2-3-8(9-7-10)4-5-11-6-8/h7H,2-6H2,1H3,(H,9,10). The van der Waals surface area contributed by atoms with Crippen LogP contribution in [-0.2, 0) is 9.53 Å². The molecule has 1 aliphatic rings. The van der Waals surface area contributed by atoms with Crippen molar-refractivity contribution >= 4 is 6.41 Å². The summed E-state index contributed by atoms with van der Waals surface area (Å²) < 4.78 is 5.24. The van der Waals surface area contributed by atoms with Gasteiger partial charge in [0.2, 0.25) is 6.41 Å². The normalized spacial score (nSPS) is 30.3. The molecule has 3 nitrogen and oxygen atoms in total. The second-order valence-electron chi connectivity index (χ2n) is 3.10. The molecule has 1 saturated heterocycles. The summed E-state index contributed by atoms with van der Waals surface area (Å²) in [5.74, 6) is 0. The highest BCUT2D eigenvalue weighted by molar-refractivity contribution is 5.48. The van der Waals surface area contributed by atoms with Crippen LogP contribution >= 0.6 is 0 Å². The molecule has 1 aliphatic heterocycles. The van der Waals surface area contributed by atoms with Crippen LogP contribution in [0.2, 0.25) is 0 Å². The van der Waals surface area contributed by atoms with Crippen LogP contribution in [0.1, 0.15) is 26.2 Å². The summed E-state index contributed by atoms with van der Waals surface area (Å²) in [5.41, 5.74) is -0.0451. The summed E-state index contributed by atoms with van der Waals surface area (Å²) in [5, 5.41) is 2.85. The van der Waals surface area contributed by atoms with Crippen LogP contribution in [0.4, 0.5) is 0 Å². The van der Waals surface area contributed by atoms with Crippen molar-refractivity contribution in [2.75, 3.05) is 13.2 Å². The Morgan fingerprint density at radius 2 is 2.55 bits per heavy atom. The summed E-state index contributed by atoms with van der Waals surface area (Å²) in [6.45, 7) is 3.58. The number of nitrogens with one attached hydrogen (secondary N) is 1. The van der Waals surface area contributed by atoms with E-state index in [1.54, 1.807) is 0 Å². The quantitative estimate of drug-likeness (QED) is 0.610. The van der Waals surface area contributed by atoms with E-state index in [1.165, 1.54) is 0 Å². The van der Waals surface area contributed by atoms with Gasteiger partial charge in [0.05, 0.1) is 12.1 Å². The molecule has 1 fully saturated rings. The van der Waals surface area contributed by atoms with Gasteiger partial charge in [-0.1, -0.05) is 13.3 Å². The lowest BCUT2D eigenvalue weighted by molar-refractivity contribution is -0.111. The maximum Gasteiger partial charge on any atom is 0.207 e. The molecule has 1 rings (SSSR count). The molecule has 1 amide bonds. The number of amides is 1. The van der Waals surface area contributed by atoms with E-state index in [0.29, 0.717) is 6.61 Å². The van der Waals surface area contributed by atoms with Gasteiger partial charge in [-0.25, -0.2) is 0 Å². The van der Waals surface area contributed by atoms with E-state index in [4.69, 9.17) is 4.74 Å². The topological polar surface area (TPSA) is 38.3 Å². The van der Waals surface area contributed by atoms with Crippen LogP contribution in [0.5, 0.6) is 0 Å². The van der Waals surface area contributed by atoms with Crippen molar-refractivity contribution in [2.45, 2.75) is 31.7 Å². The number of hydrogen-bond acceptors (Lipinski definition) is 2. The van der Waals surface area contributed by atoms with Crippen LogP contribution in [0, 0.1) is 0 Å². The molecule has 11 heavy (non-hydrogen) atoms. The lowest BCUT2D eigenvalue weighted by Crippen LogP contribution is -2.44. The molecule has 1 N–H and O–H groups in total. The second-order valence-corrected chi connectivity index (χ2v) is 3.10.